The highest BCUT2D eigenvalue weighted by Gasteiger charge is 2.23. The van der Waals surface area contributed by atoms with Crippen LogP contribution in [0.2, 0.25) is 0 Å². The molecule has 2 aromatic carbocycles. The van der Waals surface area contributed by atoms with Crippen molar-refractivity contribution in [2.75, 3.05) is 48.0 Å². The van der Waals surface area contributed by atoms with Gasteiger partial charge in [-0.05, 0) is 56.0 Å². The van der Waals surface area contributed by atoms with Crippen LogP contribution in [0.1, 0.15) is 24.0 Å². The SMILES string of the molecule is COc1ccc(CN(C)C(=O)CN2CCC(Cc3ccccc3)CC2)c(OC)c1OC. The summed E-state index contributed by atoms with van der Waals surface area (Å²) in [5, 5.41) is 0. The second-order valence-electron chi connectivity index (χ2n) is 8.15. The second-order valence-corrected chi connectivity index (χ2v) is 8.15. The standard InChI is InChI=1S/C25H34N2O4/c1-26(17-21-10-11-22(29-2)25(31-4)24(21)30-3)23(28)18-27-14-12-20(13-15-27)16-19-8-6-5-7-9-19/h5-11,20H,12-18H2,1-4H3. The van der Waals surface area contributed by atoms with E-state index in [1.165, 1.54) is 5.56 Å². The van der Waals surface area contributed by atoms with Crippen molar-refractivity contribution in [1.29, 1.82) is 0 Å². The maximum Gasteiger partial charge on any atom is 0.236 e. The Morgan fingerprint density at radius 2 is 1.65 bits per heavy atom. The first-order chi connectivity index (χ1) is 15.0. The number of ether oxygens (including phenoxy) is 3. The fourth-order valence-corrected chi connectivity index (χ4v) is 4.24. The number of hydrogen-bond donors (Lipinski definition) is 0. The zero-order valence-corrected chi connectivity index (χ0v) is 19.1. The number of carbonyl (C=O) groups is 1. The van der Waals surface area contributed by atoms with Crippen LogP contribution in [0.3, 0.4) is 0 Å². The lowest BCUT2D eigenvalue weighted by Crippen LogP contribution is -2.42. The molecule has 0 atom stereocenters. The number of amides is 1. The van der Waals surface area contributed by atoms with Crippen LogP contribution in [0, 0.1) is 5.92 Å². The molecule has 0 aliphatic carbocycles. The van der Waals surface area contributed by atoms with Gasteiger partial charge in [-0.25, -0.2) is 0 Å². The summed E-state index contributed by atoms with van der Waals surface area (Å²) in [5.41, 5.74) is 2.29. The molecular weight excluding hydrogens is 392 g/mol. The maximum atomic E-state index is 12.9. The minimum Gasteiger partial charge on any atom is -0.493 e. The monoisotopic (exact) mass is 426 g/mol. The number of rotatable bonds is 9. The number of hydrogen-bond acceptors (Lipinski definition) is 5. The van der Waals surface area contributed by atoms with E-state index in [0.717, 1.165) is 37.9 Å². The third kappa shape index (κ3) is 5.91. The number of methoxy groups -OCH3 is 3. The van der Waals surface area contributed by atoms with E-state index in [-0.39, 0.29) is 5.91 Å². The van der Waals surface area contributed by atoms with Gasteiger partial charge in [0.15, 0.2) is 11.5 Å². The predicted molar refractivity (Wildman–Crippen MR) is 122 cm³/mol. The number of nitrogens with zero attached hydrogens (tertiary/aromatic N) is 2. The van der Waals surface area contributed by atoms with E-state index in [9.17, 15) is 4.79 Å². The lowest BCUT2D eigenvalue weighted by molar-refractivity contribution is -0.132. The van der Waals surface area contributed by atoms with Crippen molar-refractivity contribution < 1.29 is 19.0 Å². The molecule has 6 heteroatoms. The first-order valence-corrected chi connectivity index (χ1v) is 10.8. The molecule has 0 saturated carbocycles. The highest BCUT2D eigenvalue weighted by Crippen LogP contribution is 2.40. The quantitative estimate of drug-likeness (QED) is 0.613. The topological polar surface area (TPSA) is 51.2 Å². The Morgan fingerprint density at radius 3 is 2.26 bits per heavy atom. The van der Waals surface area contributed by atoms with E-state index < -0.39 is 0 Å². The fraction of sp³-hybridized carbons (Fsp3) is 0.480. The minimum absolute atomic E-state index is 0.110. The highest BCUT2D eigenvalue weighted by atomic mass is 16.5. The van der Waals surface area contributed by atoms with Gasteiger partial charge < -0.3 is 19.1 Å². The van der Waals surface area contributed by atoms with E-state index in [1.54, 1.807) is 26.2 Å². The summed E-state index contributed by atoms with van der Waals surface area (Å²) in [4.78, 5) is 16.9. The molecule has 31 heavy (non-hydrogen) atoms. The highest BCUT2D eigenvalue weighted by molar-refractivity contribution is 5.78. The van der Waals surface area contributed by atoms with Gasteiger partial charge in [-0.3, -0.25) is 9.69 Å². The van der Waals surface area contributed by atoms with Gasteiger partial charge in [-0.1, -0.05) is 30.3 Å². The fourth-order valence-electron chi connectivity index (χ4n) is 4.24. The first-order valence-electron chi connectivity index (χ1n) is 10.8. The molecule has 2 aromatic rings. The molecule has 1 fully saturated rings. The molecule has 0 aromatic heterocycles. The summed E-state index contributed by atoms with van der Waals surface area (Å²) in [6.07, 6.45) is 3.40. The Morgan fingerprint density at radius 1 is 0.968 bits per heavy atom. The number of likely N-dealkylation sites (tertiary alicyclic amines) is 1. The normalized spacial score (nSPS) is 14.8. The average Bonchev–Trinajstić information content (AvgIpc) is 2.80. The summed E-state index contributed by atoms with van der Waals surface area (Å²) in [7, 11) is 6.61. The van der Waals surface area contributed by atoms with Gasteiger partial charge in [-0.2, -0.15) is 0 Å². The Bertz CT molecular complexity index is 848. The Balaban J connectivity index is 1.52. The van der Waals surface area contributed by atoms with Crippen LogP contribution in [0.25, 0.3) is 0 Å². The van der Waals surface area contributed by atoms with Gasteiger partial charge in [0.25, 0.3) is 0 Å². The Labute approximate surface area is 185 Å². The molecule has 168 valence electrons. The van der Waals surface area contributed by atoms with Gasteiger partial charge >= 0.3 is 0 Å². The molecular formula is C25H34N2O4. The molecule has 1 amide bonds. The van der Waals surface area contributed by atoms with E-state index in [0.29, 0.717) is 36.3 Å². The summed E-state index contributed by atoms with van der Waals surface area (Å²) in [6, 6.07) is 14.4. The molecule has 3 rings (SSSR count). The molecule has 1 aliphatic rings. The van der Waals surface area contributed by atoms with Crippen molar-refractivity contribution in [3.8, 4) is 17.2 Å². The summed E-state index contributed by atoms with van der Waals surface area (Å²) < 4.78 is 16.3. The largest absolute Gasteiger partial charge is 0.493 e. The predicted octanol–water partition coefficient (Wildman–Crippen LogP) is 3.63. The smallest absolute Gasteiger partial charge is 0.236 e. The molecule has 0 radical (unpaired) electrons. The van der Waals surface area contributed by atoms with Gasteiger partial charge in [0.2, 0.25) is 11.7 Å². The van der Waals surface area contributed by atoms with Gasteiger partial charge in [-0.15, -0.1) is 0 Å². The van der Waals surface area contributed by atoms with Crippen molar-refractivity contribution in [2.24, 2.45) is 5.92 Å². The summed E-state index contributed by atoms with van der Waals surface area (Å²) >= 11 is 0. The molecule has 0 unspecified atom stereocenters. The summed E-state index contributed by atoms with van der Waals surface area (Å²) in [5.74, 6) is 2.56. The van der Waals surface area contributed by atoms with E-state index in [2.05, 4.69) is 35.2 Å². The van der Waals surface area contributed by atoms with Crippen LogP contribution in [0.4, 0.5) is 0 Å². The second kappa shape index (κ2) is 11.0. The van der Waals surface area contributed by atoms with Crippen LogP contribution in [0.15, 0.2) is 42.5 Å². The number of carbonyl (C=O) groups excluding carboxylic acids is 1. The van der Waals surface area contributed by atoms with E-state index >= 15 is 0 Å². The molecule has 1 heterocycles. The van der Waals surface area contributed by atoms with Crippen molar-refractivity contribution >= 4 is 5.91 Å². The summed E-state index contributed by atoms with van der Waals surface area (Å²) in [6.45, 7) is 2.84. The van der Waals surface area contributed by atoms with Crippen LogP contribution >= 0.6 is 0 Å². The van der Waals surface area contributed by atoms with Crippen LogP contribution in [-0.2, 0) is 17.8 Å². The molecule has 0 spiro atoms. The number of piperidine rings is 1. The third-order valence-electron chi connectivity index (χ3n) is 6.05. The van der Waals surface area contributed by atoms with Gasteiger partial charge in [0, 0.05) is 19.2 Å². The van der Waals surface area contributed by atoms with Gasteiger partial charge in [0.1, 0.15) is 0 Å². The molecule has 1 aliphatic heterocycles. The zero-order chi connectivity index (χ0) is 22.2. The third-order valence-corrected chi connectivity index (χ3v) is 6.05. The zero-order valence-electron chi connectivity index (χ0n) is 19.1. The van der Waals surface area contributed by atoms with Gasteiger partial charge in [0.05, 0.1) is 27.9 Å². The molecule has 1 saturated heterocycles. The lowest BCUT2D eigenvalue weighted by atomic mass is 9.90. The number of likely N-dealkylation sites (N-methyl/N-ethyl adjacent to an activating group) is 1. The van der Waals surface area contributed by atoms with E-state index in [4.69, 9.17) is 14.2 Å². The maximum absolute atomic E-state index is 12.9. The van der Waals surface area contributed by atoms with Crippen molar-refractivity contribution in [2.45, 2.75) is 25.8 Å². The van der Waals surface area contributed by atoms with E-state index in [1.807, 2.05) is 19.2 Å². The van der Waals surface area contributed by atoms with Crippen LogP contribution in [0.5, 0.6) is 17.2 Å². The number of benzene rings is 2. The minimum atomic E-state index is 0.110. The van der Waals surface area contributed by atoms with Crippen LogP contribution in [-0.4, -0.2) is 63.7 Å². The van der Waals surface area contributed by atoms with Crippen molar-refractivity contribution in [3.63, 3.8) is 0 Å². The van der Waals surface area contributed by atoms with Crippen molar-refractivity contribution in [1.82, 2.24) is 9.80 Å². The average molecular weight is 427 g/mol. The Hall–Kier alpha value is -2.73. The van der Waals surface area contributed by atoms with Crippen molar-refractivity contribution in [3.05, 3.63) is 53.6 Å². The first kappa shape index (κ1) is 22.9. The molecule has 0 bridgehead atoms. The lowest BCUT2D eigenvalue weighted by Gasteiger charge is -2.32. The molecule has 6 nitrogen and oxygen atoms in total. The Kier molecular flexibility index (Phi) is 8.18. The molecule has 0 N–H and O–H groups in total. The van der Waals surface area contributed by atoms with Crippen LogP contribution < -0.4 is 14.2 Å².